The Morgan fingerprint density at radius 2 is 1.13 bits per heavy atom. The van der Waals surface area contributed by atoms with Gasteiger partial charge in [-0.2, -0.15) is 10.5 Å². The van der Waals surface area contributed by atoms with E-state index in [1.807, 2.05) is 12.1 Å². The van der Waals surface area contributed by atoms with Crippen LogP contribution in [0.25, 0.3) is 0 Å². The molecule has 0 bridgehead atoms. The van der Waals surface area contributed by atoms with Gasteiger partial charge in [-0.3, -0.25) is 4.79 Å². The van der Waals surface area contributed by atoms with Gasteiger partial charge in [0.15, 0.2) is 5.78 Å². The molecule has 4 aromatic carbocycles. The third-order valence-corrected chi connectivity index (χ3v) is 5.93. The summed E-state index contributed by atoms with van der Waals surface area (Å²) in [5.74, 6) is -0.507. The number of rotatable bonds is 8. The van der Waals surface area contributed by atoms with Gasteiger partial charge in [0.2, 0.25) is 0 Å². The molecule has 190 valence electrons. The van der Waals surface area contributed by atoms with Gasteiger partial charge in [-0.15, -0.1) is 0 Å². The van der Waals surface area contributed by atoms with E-state index in [0.717, 1.165) is 16.7 Å². The van der Waals surface area contributed by atoms with Gasteiger partial charge >= 0.3 is 0 Å². The van der Waals surface area contributed by atoms with Crippen molar-refractivity contribution >= 4 is 5.78 Å². The lowest BCUT2D eigenvalue weighted by Gasteiger charge is -2.11. The van der Waals surface area contributed by atoms with Crippen LogP contribution < -0.4 is 0 Å². The predicted octanol–water partition coefficient (Wildman–Crippen LogP) is 6.88. The molecule has 0 aliphatic carbocycles. The summed E-state index contributed by atoms with van der Waals surface area (Å²) in [6.45, 7) is 0. The van der Waals surface area contributed by atoms with Crippen molar-refractivity contribution in [3.05, 3.63) is 142 Å². The summed E-state index contributed by atoms with van der Waals surface area (Å²) >= 11 is 0. The summed E-state index contributed by atoms with van der Waals surface area (Å²) in [5.41, 5.74) is 4.43. The van der Waals surface area contributed by atoms with Crippen molar-refractivity contribution in [1.82, 2.24) is 0 Å². The van der Waals surface area contributed by atoms with E-state index in [0.29, 0.717) is 42.4 Å². The van der Waals surface area contributed by atoms with Crippen LogP contribution in [0.5, 0.6) is 0 Å². The number of nitriles is 2. The fourth-order valence-electron chi connectivity index (χ4n) is 3.68. The van der Waals surface area contributed by atoms with Crippen molar-refractivity contribution in [1.29, 1.82) is 10.5 Å². The van der Waals surface area contributed by atoms with Crippen molar-refractivity contribution in [2.75, 3.05) is 0 Å². The van der Waals surface area contributed by atoms with Gasteiger partial charge in [0.05, 0.1) is 29.4 Å². The number of aryl methyl sites for hydroxylation is 2. The Bertz CT molecular complexity index is 1400. The molecule has 4 aromatic rings. The Kier molecular flexibility index (Phi) is 10.4. The highest BCUT2D eigenvalue weighted by molar-refractivity contribution is 5.96. The number of halogens is 2. The summed E-state index contributed by atoms with van der Waals surface area (Å²) in [6.07, 6.45) is 1.63. The summed E-state index contributed by atoms with van der Waals surface area (Å²) < 4.78 is 25.5. The zero-order valence-corrected chi connectivity index (χ0v) is 20.6. The molecule has 4 nitrogen and oxygen atoms in total. The molecule has 0 spiro atoms. The third-order valence-electron chi connectivity index (χ3n) is 5.93. The molecule has 0 radical (unpaired) electrons. The average Bonchev–Trinajstić information content (AvgIpc) is 2.96. The highest BCUT2D eigenvalue weighted by atomic mass is 19.1. The summed E-state index contributed by atoms with van der Waals surface area (Å²) in [7, 11) is 0. The summed E-state index contributed by atoms with van der Waals surface area (Å²) in [4.78, 5) is 11.9. The van der Waals surface area contributed by atoms with Gasteiger partial charge in [-0.1, -0.05) is 48.5 Å². The molecule has 0 saturated carbocycles. The van der Waals surface area contributed by atoms with Gasteiger partial charge in [0, 0.05) is 12.0 Å². The molecule has 38 heavy (non-hydrogen) atoms. The average molecular weight is 509 g/mol. The van der Waals surface area contributed by atoms with Gasteiger partial charge in [0.1, 0.15) is 11.6 Å². The first-order chi connectivity index (χ1) is 18.4. The van der Waals surface area contributed by atoms with Crippen LogP contribution in [0.15, 0.2) is 97.1 Å². The summed E-state index contributed by atoms with van der Waals surface area (Å²) in [5, 5.41) is 27.4. The SMILES string of the molecule is N#Cc1ccc(C(=O)CCc2ccc(F)cc2)cc1.N#Cc1ccc(C(O)CCc2ccc(F)cc2)cc1. The maximum atomic E-state index is 12.7. The second-order valence-electron chi connectivity index (χ2n) is 8.65. The van der Waals surface area contributed by atoms with Gasteiger partial charge in [0.25, 0.3) is 0 Å². The van der Waals surface area contributed by atoms with Crippen LogP contribution in [0.2, 0.25) is 0 Å². The minimum atomic E-state index is -0.571. The lowest BCUT2D eigenvalue weighted by atomic mass is 10.0. The molecule has 0 saturated heterocycles. The van der Waals surface area contributed by atoms with Crippen LogP contribution in [0.1, 0.15) is 57.1 Å². The van der Waals surface area contributed by atoms with Crippen molar-refractivity contribution in [3.8, 4) is 12.1 Å². The van der Waals surface area contributed by atoms with Gasteiger partial charge in [-0.05, 0) is 84.5 Å². The zero-order valence-electron chi connectivity index (χ0n) is 20.6. The molecule has 6 heteroatoms. The number of hydrogen-bond donors (Lipinski definition) is 1. The maximum absolute atomic E-state index is 12.7. The Hall–Kier alpha value is -4.65. The number of Topliss-reactive ketones (excluding diaryl/α,β-unsaturated/α-hetero) is 1. The third kappa shape index (κ3) is 8.78. The Balaban J connectivity index is 0.000000211. The molecule has 0 aliphatic heterocycles. The van der Waals surface area contributed by atoms with E-state index in [1.165, 1.54) is 24.3 Å². The van der Waals surface area contributed by atoms with E-state index in [9.17, 15) is 18.7 Å². The monoisotopic (exact) mass is 508 g/mol. The van der Waals surface area contributed by atoms with Crippen molar-refractivity contribution in [2.45, 2.75) is 31.8 Å². The number of carbonyl (C=O) groups excluding carboxylic acids is 1. The molecular formula is C32H26F2N2O2. The van der Waals surface area contributed by atoms with Crippen LogP contribution in [0, 0.1) is 34.3 Å². The maximum Gasteiger partial charge on any atom is 0.163 e. The molecule has 0 aromatic heterocycles. The first-order valence-corrected chi connectivity index (χ1v) is 12.1. The number of aliphatic hydroxyl groups excluding tert-OH is 1. The topological polar surface area (TPSA) is 84.9 Å². The standard InChI is InChI=1S/C16H14FNO.C16H12FNO/c2*17-15-8-3-12(4-9-15)5-10-16(19)14-6-1-13(11-18)2-7-14/h1-4,6-9,16,19H,5,10H2;1-4,6-9H,5,10H2. The molecule has 0 heterocycles. The first kappa shape index (κ1) is 27.9. The molecular weight excluding hydrogens is 482 g/mol. The second kappa shape index (κ2) is 14.2. The van der Waals surface area contributed by atoms with E-state index in [-0.39, 0.29) is 17.4 Å². The van der Waals surface area contributed by atoms with Crippen LogP contribution in [0.4, 0.5) is 8.78 Å². The second-order valence-corrected chi connectivity index (χ2v) is 8.65. The largest absolute Gasteiger partial charge is 0.388 e. The Morgan fingerprint density at radius 3 is 1.61 bits per heavy atom. The first-order valence-electron chi connectivity index (χ1n) is 12.1. The minimum absolute atomic E-state index is 0.0221. The minimum Gasteiger partial charge on any atom is -0.388 e. The highest BCUT2D eigenvalue weighted by Crippen LogP contribution is 2.19. The molecule has 0 amide bonds. The van der Waals surface area contributed by atoms with Crippen molar-refractivity contribution < 1.29 is 18.7 Å². The fourth-order valence-corrected chi connectivity index (χ4v) is 3.68. The number of benzene rings is 4. The zero-order chi connectivity index (χ0) is 27.3. The van der Waals surface area contributed by atoms with Crippen LogP contribution >= 0.6 is 0 Å². The lowest BCUT2D eigenvalue weighted by molar-refractivity contribution is 0.0983. The smallest absolute Gasteiger partial charge is 0.163 e. The van der Waals surface area contributed by atoms with Crippen molar-refractivity contribution in [3.63, 3.8) is 0 Å². The lowest BCUT2D eigenvalue weighted by Crippen LogP contribution is -2.01. The molecule has 1 unspecified atom stereocenters. The van der Waals surface area contributed by atoms with Crippen molar-refractivity contribution in [2.24, 2.45) is 0 Å². The Morgan fingerprint density at radius 1 is 0.684 bits per heavy atom. The van der Waals surface area contributed by atoms with Crippen LogP contribution in [0.3, 0.4) is 0 Å². The van der Waals surface area contributed by atoms with E-state index >= 15 is 0 Å². The molecule has 1 atom stereocenters. The highest BCUT2D eigenvalue weighted by Gasteiger charge is 2.08. The van der Waals surface area contributed by atoms with Gasteiger partial charge in [-0.25, -0.2) is 8.78 Å². The normalized spacial score (nSPS) is 10.9. The molecule has 0 aliphatic rings. The predicted molar refractivity (Wildman–Crippen MR) is 141 cm³/mol. The number of carbonyl (C=O) groups is 1. The van der Waals surface area contributed by atoms with E-state index in [4.69, 9.17) is 10.5 Å². The molecule has 0 fully saturated rings. The number of ketones is 1. The molecule has 1 N–H and O–H groups in total. The number of nitrogens with zero attached hydrogens (tertiary/aromatic N) is 2. The van der Waals surface area contributed by atoms with E-state index in [2.05, 4.69) is 0 Å². The summed E-state index contributed by atoms with van der Waals surface area (Å²) in [6, 6.07) is 30.0. The quantitative estimate of drug-likeness (QED) is 0.263. The van der Waals surface area contributed by atoms with Crippen LogP contribution in [-0.4, -0.2) is 10.9 Å². The van der Waals surface area contributed by atoms with E-state index < -0.39 is 6.10 Å². The molecule has 4 rings (SSSR count). The van der Waals surface area contributed by atoms with E-state index in [1.54, 1.807) is 72.8 Å². The number of aliphatic hydroxyl groups is 1. The number of hydrogen-bond acceptors (Lipinski definition) is 4. The van der Waals surface area contributed by atoms with Crippen LogP contribution in [-0.2, 0) is 12.8 Å². The Labute approximate surface area is 221 Å². The fraction of sp³-hybridized carbons (Fsp3) is 0.156. The van der Waals surface area contributed by atoms with Gasteiger partial charge < -0.3 is 5.11 Å².